The molecule has 0 unspecified atom stereocenters. The van der Waals surface area contributed by atoms with Crippen LogP contribution in [0, 0.1) is 5.95 Å². The van der Waals surface area contributed by atoms with Crippen molar-refractivity contribution in [2.75, 3.05) is 6.54 Å². The van der Waals surface area contributed by atoms with Crippen LogP contribution in [-0.2, 0) is 4.79 Å². The maximum Gasteiger partial charge on any atom is 0.270 e. The average Bonchev–Trinajstić information content (AvgIpc) is 3.12. The zero-order chi connectivity index (χ0) is 13.0. The van der Waals surface area contributed by atoms with Gasteiger partial charge in [0.2, 0.25) is 11.9 Å². The molecule has 2 amide bonds. The van der Waals surface area contributed by atoms with E-state index in [4.69, 9.17) is 0 Å². The van der Waals surface area contributed by atoms with Crippen molar-refractivity contribution < 1.29 is 14.0 Å². The third kappa shape index (κ3) is 3.80. The van der Waals surface area contributed by atoms with Crippen molar-refractivity contribution in [3.05, 3.63) is 29.8 Å². The van der Waals surface area contributed by atoms with E-state index < -0.39 is 11.9 Å². The first-order valence-electron chi connectivity index (χ1n) is 5.85. The van der Waals surface area contributed by atoms with Crippen molar-refractivity contribution in [1.29, 1.82) is 0 Å². The molecular weight excluding hydrogens is 237 g/mol. The molecule has 0 spiro atoms. The number of hydrogen-bond donors (Lipinski definition) is 2. The van der Waals surface area contributed by atoms with Gasteiger partial charge in [-0.25, -0.2) is 4.98 Å². The van der Waals surface area contributed by atoms with Crippen LogP contribution >= 0.6 is 0 Å². The quantitative estimate of drug-likeness (QED) is 0.754. The van der Waals surface area contributed by atoms with Gasteiger partial charge in [0, 0.05) is 19.0 Å². The van der Waals surface area contributed by atoms with Crippen LogP contribution in [0.4, 0.5) is 4.39 Å². The topological polar surface area (TPSA) is 71.1 Å². The Bertz CT molecular complexity index is 460. The molecule has 0 aromatic carbocycles. The van der Waals surface area contributed by atoms with Gasteiger partial charge in [0.25, 0.3) is 5.91 Å². The Morgan fingerprint density at radius 1 is 1.39 bits per heavy atom. The minimum Gasteiger partial charge on any atom is -0.353 e. The first-order chi connectivity index (χ1) is 8.65. The van der Waals surface area contributed by atoms with Gasteiger partial charge in [-0.1, -0.05) is 6.07 Å². The van der Waals surface area contributed by atoms with Gasteiger partial charge in [-0.15, -0.1) is 0 Å². The number of rotatable bonds is 5. The molecular formula is C12H14FN3O2. The fraction of sp³-hybridized carbons (Fsp3) is 0.417. The third-order valence-corrected chi connectivity index (χ3v) is 2.53. The summed E-state index contributed by atoms with van der Waals surface area (Å²) >= 11 is 0. The normalized spacial score (nSPS) is 14.1. The largest absolute Gasteiger partial charge is 0.353 e. The molecule has 1 aliphatic carbocycles. The molecule has 1 aromatic rings. The molecule has 1 saturated carbocycles. The number of aromatic nitrogens is 1. The van der Waals surface area contributed by atoms with Gasteiger partial charge >= 0.3 is 0 Å². The SMILES string of the molecule is O=C(CCNC(=O)c1cccc(F)n1)NC1CC1. The smallest absolute Gasteiger partial charge is 0.270 e. The van der Waals surface area contributed by atoms with Crippen LogP contribution in [0.15, 0.2) is 18.2 Å². The predicted molar refractivity (Wildman–Crippen MR) is 62.3 cm³/mol. The van der Waals surface area contributed by atoms with Crippen molar-refractivity contribution >= 4 is 11.8 Å². The van der Waals surface area contributed by atoms with Crippen molar-refractivity contribution in [2.45, 2.75) is 25.3 Å². The van der Waals surface area contributed by atoms with Gasteiger partial charge in [-0.05, 0) is 25.0 Å². The second-order valence-electron chi connectivity index (χ2n) is 4.19. The van der Waals surface area contributed by atoms with E-state index >= 15 is 0 Å². The summed E-state index contributed by atoms with van der Waals surface area (Å²) in [5.41, 5.74) is 0.0117. The Kier molecular flexibility index (Phi) is 3.86. The minimum absolute atomic E-state index is 0.0117. The molecule has 96 valence electrons. The summed E-state index contributed by atoms with van der Waals surface area (Å²) in [6.45, 7) is 0.218. The van der Waals surface area contributed by atoms with Crippen molar-refractivity contribution in [2.24, 2.45) is 0 Å². The third-order valence-electron chi connectivity index (χ3n) is 2.53. The molecule has 2 N–H and O–H groups in total. The van der Waals surface area contributed by atoms with E-state index in [1.807, 2.05) is 0 Å². The first-order valence-corrected chi connectivity index (χ1v) is 5.85. The lowest BCUT2D eigenvalue weighted by molar-refractivity contribution is -0.121. The Hall–Kier alpha value is -1.98. The molecule has 1 heterocycles. The lowest BCUT2D eigenvalue weighted by atomic mass is 10.3. The summed E-state index contributed by atoms with van der Waals surface area (Å²) in [7, 11) is 0. The molecule has 0 atom stereocenters. The predicted octanol–water partition coefficient (Wildman–Crippen LogP) is 0.619. The van der Waals surface area contributed by atoms with E-state index in [2.05, 4.69) is 15.6 Å². The van der Waals surface area contributed by atoms with E-state index in [9.17, 15) is 14.0 Å². The minimum atomic E-state index is -0.700. The van der Waals surface area contributed by atoms with E-state index in [1.54, 1.807) is 0 Å². The standard InChI is InChI=1S/C12H14FN3O2/c13-10-3-1-2-9(16-10)12(18)14-7-6-11(17)15-8-4-5-8/h1-3,8H,4-7H2,(H,14,18)(H,15,17). The Labute approximate surface area is 104 Å². The van der Waals surface area contributed by atoms with Gasteiger partial charge in [-0.3, -0.25) is 9.59 Å². The molecule has 1 fully saturated rings. The maximum absolute atomic E-state index is 12.8. The number of nitrogens with one attached hydrogen (secondary N) is 2. The first kappa shape index (κ1) is 12.5. The number of carbonyl (C=O) groups excluding carboxylic acids is 2. The zero-order valence-corrected chi connectivity index (χ0v) is 9.78. The van der Waals surface area contributed by atoms with Crippen LogP contribution in [0.3, 0.4) is 0 Å². The summed E-state index contributed by atoms with van der Waals surface area (Å²) in [4.78, 5) is 26.3. The van der Waals surface area contributed by atoms with Gasteiger partial charge in [0.05, 0.1) is 0 Å². The van der Waals surface area contributed by atoms with Crippen molar-refractivity contribution in [3.8, 4) is 0 Å². The number of halogens is 1. The molecule has 0 saturated heterocycles. The summed E-state index contributed by atoms with van der Waals surface area (Å²) in [6.07, 6.45) is 2.29. The van der Waals surface area contributed by atoms with Gasteiger partial charge < -0.3 is 10.6 Å². The van der Waals surface area contributed by atoms with Crippen LogP contribution in [0.1, 0.15) is 29.8 Å². The second kappa shape index (κ2) is 5.57. The Balaban J connectivity index is 1.72. The van der Waals surface area contributed by atoms with E-state index in [1.165, 1.54) is 18.2 Å². The van der Waals surface area contributed by atoms with Gasteiger partial charge in [-0.2, -0.15) is 4.39 Å². The molecule has 18 heavy (non-hydrogen) atoms. The van der Waals surface area contributed by atoms with Gasteiger partial charge in [0.15, 0.2) is 0 Å². The van der Waals surface area contributed by atoms with Gasteiger partial charge in [0.1, 0.15) is 5.69 Å². The second-order valence-corrected chi connectivity index (χ2v) is 4.19. The van der Waals surface area contributed by atoms with E-state index in [0.29, 0.717) is 6.04 Å². The van der Waals surface area contributed by atoms with Crippen LogP contribution in [0.5, 0.6) is 0 Å². The monoisotopic (exact) mass is 251 g/mol. The lowest BCUT2D eigenvalue weighted by Crippen LogP contribution is -2.32. The molecule has 0 aliphatic heterocycles. The Morgan fingerprint density at radius 3 is 2.83 bits per heavy atom. The number of hydrogen-bond acceptors (Lipinski definition) is 3. The highest BCUT2D eigenvalue weighted by Crippen LogP contribution is 2.18. The number of amides is 2. The summed E-state index contributed by atoms with van der Waals surface area (Å²) in [5, 5.41) is 5.33. The Morgan fingerprint density at radius 2 is 2.17 bits per heavy atom. The molecule has 0 radical (unpaired) electrons. The highest BCUT2D eigenvalue weighted by atomic mass is 19.1. The number of pyridine rings is 1. The lowest BCUT2D eigenvalue weighted by Gasteiger charge is -2.05. The van der Waals surface area contributed by atoms with Crippen LogP contribution < -0.4 is 10.6 Å². The maximum atomic E-state index is 12.8. The van der Waals surface area contributed by atoms with Crippen molar-refractivity contribution in [3.63, 3.8) is 0 Å². The fourth-order valence-corrected chi connectivity index (χ4v) is 1.44. The van der Waals surface area contributed by atoms with Crippen LogP contribution in [0.2, 0.25) is 0 Å². The van der Waals surface area contributed by atoms with Crippen LogP contribution in [-0.4, -0.2) is 29.4 Å². The summed E-state index contributed by atoms with van der Waals surface area (Å²) in [6, 6.07) is 4.32. The number of carbonyl (C=O) groups is 2. The molecule has 0 bridgehead atoms. The fourth-order valence-electron chi connectivity index (χ4n) is 1.44. The summed E-state index contributed by atoms with van der Waals surface area (Å²) < 4.78 is 12.8. The van der Waals surface area contributed by atoms with Crippen molar-refractivity contribution in [1.82, 2.24) is 15.6 Å². The van der Waals surface area contributed by atoms with E-state index in [0.717, 1.165) is 12.8 Å². The highest BCUT2D eigenvalue weighted by molar-refractivity contribution is 5.92. The molecule has 2 rings (SSSR count). The highest BCUT2D eigenvalue weighted by Gasteiger charge is 2.22. The van der Waals surface area contributed by atoms with E-state index in [-0.39, 0.29) is 24.6 Å². The summed E-state index contributed by atoms with van der Waals surface area (Å²) in [5.74, 6) is -1.26. The number of nitrogens with zero attached hydrogens (tertiary/aromatic N) is 1. The molecule has 1 aliphatic rings. The van der Waals surface area contributed by atoms with Crippen LogP contribution in [0.25, 0.3) is 0 Å². The molecule has 1 aromatic heterocycles. The zero-order valence-electron chi connectivity index (χ0n) is 9.78. The average molecular weight is 251 g/mol. The molecule has 5 nitrogen and oxygen atoms in total. The molecule has 6 heteroatoms.